The number of para-hydroxylation sites is 1. The summed E-state index contributed by atoms with van der Waals surface area (Å²) < 4.78 is 0. The minimum absolute atomic E-state index is 0.110. The van der Waals surface area contributed by atoms with Crippen molar-refractivity contribution in [3.8, 4) is 0 Å². The summed E-state index contributed by atoms with van der Waals surface area (Å²) in [6.07, 6.45) is 1.86. The van der Waals surface area contributed by atoms with Gasteiger partial charge >= 0.3 is 0 Å². The second-order valence-corrected chi connectivity index (χ2v) is 8.22. The highest BCUT2D eigenvalue weighted by atomic mass is 16.1. The van der Waals surface area contributed by atoms with Gasteiger partial charge in [-0.3, -0.25) is 9.69 Å². The smallest absolute Gasteiger partial charge is 0.227 e. The maximum Gasteiger partial charge on any atom is 0.227 e. The van der Waals surface area contributed by atoms with E-state index in [9.17, 15) is 4.79 Å². The first-order valence-corrected chi connectivity index (χ1v) is 10.1. The maximum atomic E-state index is 12.9. The minimum atomic E-state index is 0.110. The lowest BCUT2D eigenvalue weighted by atomic mass is 9.94. The van der Waals surface area contributed by atoms with Gasteiger partial charge in [-0.1, -0.05) is 61.9 Å². The number of piperidine rings is 1. The molecular formula is C24H32N2O. The van der Waals surface area contributed by atoms with Gasteiger partial charge in [-0.05, 0) is 62.4 Å². The summed E-state index contributed by atoms with van der Waals surface area (Å²) in [7, 11) is 0. The molecule has 1 aliphatic heterocycles. The number of carbonyl (C=O) groups is 1. The van der Waals surface area contributed by atoms with E-state index < -0.39 is 0 Å². The number of benzene rings is 2. The second kappa shape index (κ2) is 8.71. The number of amides is 1. The van der Waals surface area contributed by atoms with Gasteiger partial charge in [-0.15, -0.1) is 0 Å². The first-order valence-electron chi connectivity index (χ1n) is 10.1. The van der Waals surface area contributed by atoms with Gasteiger partial charge in [0.15, 0.2) is 0 Å². The average molecular weight is 365 g/mol. The van der Waals surface area contributed by atoms with Gasteiger partial charge in [-0.25, -0.2) is 0 Å². The van der Waals surface area contributed by atoms with Gasteiger partial charge < -0.3 is 5.32 Å². The highest BCUT2D eigenvalue weighted by molar-refractivity contribution is 5.94. The molecule has 0 spiro atoms. The zero-order valence-electron chi connectivity index (χ0n) is 17.1. The van der Waals surface area contributed by atoms with Crippen LogP contribution in [0.25, 0.3) is 0 Å². The van der Waals surface area contributed by atoms with Crippen LogP contribution >= 0.6 is 0 Å². The van der Waals surface area contributed by atoms with Crippen molar-refractivity contribution in [1.29, 1.82) is 0 Å². The Morgan fingerprint density at radius 1 is 1.11 bits per heavy atom. The first kappa shape index (κ1) is 19.6. The second-order valence-electron chi connectivity index (χ2n) is 8.22. The molecule has 0 bridgehead atoms. The van der Waals surface area contributed by atoms with E-state index in [1.165, 1.54) is 16.7 Å². The number of anilines is 1. The molecule has 0 aliphatic carbocycles. The van der Waals surface area contributed by atoms with Crippen molar-refractivity contribution in [1.82, 2.24) is 4.90 Å². The summed E-state index contributed by atoms with van der Waals surface area (Å²) in [4.78, 5) is 15.3. The molecular weight excluding hydrogens is 332 g/mol. The Bertz CT molecular complexity index is 789. The summed E-state index contributed by atoms with van der Waals surface area (Å²) in [6, 6.07) is 15.0. The molecule has 1 amide bonds. The monoisotopic (exact) mass is 364 g/mol. The van der Waals surface area contributed by atoms with Crippen molar-refractivity contribution in [3.63, 3.8) is 0 Å². The van der Waals surface area contributed by atoms with Crippen LogP contribution in [-0.4, -0.2) is 23.9 Å². The van der Waals surface area contributed by atoms with E-state index in [0.29, 0.717) is 5.92 Å². The van der Waals surface area contributed by atoms with Gasteiger partial charge in [0.25, 0.3) is 0 Å². The van der Waals surface area contributed by atoms with Crippen LogP contribution in [0, 0.1) is 19.8 Å². The molecule has 1 fully saturated rings. The largest absolute Gasteiger partial charge is 0.325 e. The standard InChI is InChI=1S/C24H32N2O/c1-17(2)22-10-6-8-19(4)23(22)25-24(27)21-11-13-26(14-12-21)16-20-9-5-7-18(3)15-20/h5-10,15,17,21H,11-14,16H2,1-4H3,(H,25,27). The summed E-state index contributed by atoms with van der Waals surface area (Å²) >= 11 is 0. The maximum absolute atomic E-state index is 12.9. The number of carbonyl (C=O) groups excluding carboxylic acids is 1. The number of rotatable bonds is 5. The van der Waals surface area contributed by atoms with Gasteiger partial charge in [0.2, 0.25) is 5.91 Å². The van der Waals surface area contributed by atoms with E-state index in [1.807, 2.05) is 0 Å². The van der Waals surface area contributed by atoms with Crippen molar-refractivity contribution in [3.05, 3.63) is 64.7 Å². The predicted octanol–water partition coefficient (Wildman–Crippen LogP) is 5.28. The number of hydrogen-bond donors (Lipinski definition) is 1. The number of aryl methyl sites for hydroxylation is 2. The quantitative estimate of drug-likeness (QED) is 0.783. The normalized spacial score (nSPS) is 15.9. The molecule has 2 aromatic carbocycles. The lowest BCUT2D eigenvalue weighted by Crippen LogP contribution is -2.38. The lowest BCUT2D eigenvalue weighted by Gasteiger charge is -2.31. The van der Waals surface area contributed by atoms with Crippen LogP contribution in [0.1, 0.15) is 54.9 Å². The van der Waals surface area contributed by atoms with Crippen LogP contribution in [-0.2, 0) is 11.3 Å². The van der Waals surface area contributed by atoms with E-state index >= 15 is 0 Å². The summed E-state index contributed by atoms with van der Waals surface area (Å²) in [5, 5.41) is 3.24. The Morgan fingerprint density at radius 3 is 2.48 bits per heavy atom. The van der Waals surface area contributed by atoms with Crippen molar-refractivity contribution in [2.45, 2.75) is 53.0 Å². The third kappa shape index (κ3) is 4.98. The van der Waals surface area contributed by atoms with E-state index in [0.717, 1.165) is 43.7 Å². The minimum Gasteiger partial charge on any atom is -0.325 e. The lowest BCUT2D eigenvalue weighted by molar-refractivity contribution is -0.121. The molecule has 1 aliphatic rings. The molecule has 1 N–H and O–H groups in total. The third-order valence-corrected chi connectivity index (χ3v) is 5.62. The molecule has 0 unspecified atom stereocenters. The van der Waals surface area contributed by atoms with E-state index in [2.05, 4.69) is 80.4 Å². The van der Waals surface area contributed by atoms with Gasteiger partial charge in [-0.2, -0.15) is 0 Å². The Kier molecular flexibility index (Phi) is 6.33. The number of nitrogens with one attached hydrogen (secondary N) is 1. The molecule has 1 saturated heterocycles. The van der Waals surface area contributed by atoms with Crippen molar-refractivity contribution in [2.75, 3.05) is 18.4 Å². The molecule has 144 valence electrons. The van der Waals surface area contributed by atoms with Crippen LogP contribution in [0.3, 0.4) is 0 Å². The van der Waals surface area contributed by atoms with Gasteiger partial charge in [0.1, 0.15) is 0 Å². The fraction of sp³-hybridized carbons (Fsp3) is 0.458. The van der Waals surface area contributed by atoms with Gasteiger partial charge in [0.05, 0.1) is 0 Å². The van der Waals surface area contributed by atoms with Crippen LogP contribution in [0.15, 0.2) is 42.5 Å². The highest BCUT2D eigenvalue weighted by Crippen LogP contribution is 2.29. The number of nitrogens with zero attached hydrogens (tertiary/aromatic N) is 1. The molecule has 3 rings (SSSR count). The fourth-order valence-corrected chi connectivity index (χ4v) is 3.99. The van der Waals surface area contributed by atoms with Crippen molar-refractivity contribution >= 4 is 11.6 Å². The Labute approximate surface area is 163 Å². The molecule has 3 heteroatoms. The molecule has 27 heavy (non-hydrogen) atoms. The SMILES string of the molecule is Cc1cccc(CN2CCC(C(=O)Nc3c(C)cccc3C(C)C)CC2)c1. The zero-order valence-corrected chi connectivity index (χ0v) is 17.1. The van der Waals surface area contributed by atoms with Crippen molar-refractivity contribution in [2.24, 2.45) is 5.92 Å². The molecule has 0 radical (unpaired) electrons. The average Bonchev–Trinajstić information content (AvgIpc) is 2.63. The summed E-state index contributed by atoms with van der Waals surface area (Å²) in [5.41, 5.74) is 6.05. The summed E-state index contributed by atoms with van der Waals surface area (Å²) in [6.45, 7) is 11.5. The summed E-state index contributed by atoms with van der Waals surface area (Å²) in [5.74, 6) is 0.691. The third-order valence-electron chi connectivity index (χ3n) is 5.62. The highest BCUT2D eigenvalue weighted by Gasteiger charge is 2.26. The predicted molar refractivity (Wildman–Crippen MR) is 113 cm³/mol. The topological polar surface area (TPSA) is 32.3 Å². The molecule has 1 heterocycles. The molecule has 3 nitrogen and oxygen atoms in total. The first-order chi connectivity index (χ1) is 12.9. The molecule has 0 atom stereocenters. The van der Waals surface area contributed by atoms with Crippen LogP contribution in [0.4, 0.5) is 5.69 Å². The molecule has 2 aromatic rings. The van der Waals surface area contributed by atoms with E-state index in [-0.39, 0.29) is 11.8 Å². The Hall–Kier alpha value is -2.13. The Balaban J connectivity index is 1.58. The van der Waals surface area contributed by atoms with Crippen molar-refractivity contribution < 1.29 is 4.79 Å². The van der Waals surface area contributed by atoms with E-state index in [1.54, 1.807) is 0 Å². The van der Waals surface area contributed by atoms with Gasteiger partial charge in [0, 0.05) is 18.2 Å². The van der Waals surface area contributed by atoms with Crippen LogP contribution < -0.4 is 5.32 Å². The van der Waals surface area contributed by atoms with E-state index in [4.69, 9.17) is 0 Å². The number of hydrogen-bond acceptors (Lipinski definition) is 2. The number of likely N-dealkylation sites (tertiary alicyclic amines) is 1. The fourth-order valence-electron chi connectivity index (χ4n) is 3.99. The van der Waals surface area contributed by atoms with Crippen LogP contribution in [0.2, 0.25) is 0 Å². The molecule has 0 saturated carbocycles. The zero-order chi connectivity index (χ0) is 19.4. The Morgan fingerprint density at radius 2 is 1.81 bits per heavy atom. The molecule has 0 aromatic heterocycles. The van der Waals surface area contributed by atoms with Crippen LogP contribution in [0.5, 0.6) is 0 Å².